The van der Waals surface area contributed by atoms with Crippen molar-refractivity contribution in [1.29, 1.82) is 0 Å². The van der Waals surface area contributed by atoms with Gasteiger partial charge < -0.3 is 24.8 Å². The van der Waals surface area contributed by atoms with Crippen LogP contribution < -0.4 is 10.9 Å². The molecule has 2 aromatic rings. The smallest absolute Gasteiger partial charge is 0.256 e. The van der Waals surface area contributed by atoms with E-state index in [1.165, 1.54) is 55.0 Å². The van der Waals surface area contributed by atoms with E-state index < -0.39 is 16.8 Å². The summed E-state index contributed by atoms with van der Waals surface area (Å²) in [6.45, 7) is 3.36. The van der Waals surface area contributed by atoms with E-state index in [1.807, 2.05) is 4.90 Å². The minimum Gasteiger partial charge on any atom is -0.387 e. The number of carbonyl (C=O) groups excluding carboxylic acids is 2. The molecule has 0 bridgehead atoms. The summed E-state index contributed by atoms with van der Waals surface area (Å²) in [7, 11) is 0. The normalized spacial score (nSPS) is 24.1. The first-order valence-corrected chi connectivity index (χ1v) is 16.8. The van der Waals surface area contributed by atoms with Crippen LogP contribution in [-0.2, 0) is 11.3 Å². The lowest BCUT2D eigenvalue weighted by Gasteiger charge is -2.52. The maximum absolute atomic E-state index is 15.0. The Morgan fingerprint density at radius 3 is 2.39 bits per heavy atom. The van der Waals surface area contributed by atoms with Crippen molar-refractivity contribution in [3.05, 3.63) is 58.3 Å². The van der Waals surface area contributed by atoms with Crippen molar-refractivity contribution in [3.63, 3.8) is 0 Å². The summed E-state index contributed by atoms with van der Waals surface area (Å²) in [5, 5.41) is 15.6. The van der Waals surface area contributed by atoms with Crippen LogP contribution in [-0.4, -0.2) is 76.2 Å². The Balaban J connectivity index is 1.27. The number of hydrogen-bond acceptors (Lipinski definition) is 5. The molecule has 2 amide bonds. The molecule has 238 valence electrons. The predicted molar refractivity (Wildman–Crippen MR) is 168 cm³/mol. The van der Waals surface area contributed by atoms with Gasteiger partial charge in [0.15, 0.2) is 0 Å². The van der Waals surface area contributed by atoms with E-state index >= 15 is 0 Å². The Labute approximate surface area is 259 Å². The number of likely N-dealkylation sites (tertiary alicyclic amines) is 1. The molecule has 8 nitrogen and oxygen atoms in total. The van der Waals surface area contributed by atoms with Gasteiger partial charge in [-0.3, -0.25) is 14.4 Å². The van der Waals surface area contributed by atoms with E-state index in [0.29, 0.717) is 58.0 Å². The highest BCUT2D eigenvalue weighted by Gasteiger charge is 2.55. The summed E-state index contributed by atoms with van der Waals surface area (Å²) in [5.74, 6) is 0.0777. The third-order valence-electron chi connectivity index (χ3n) is 11.0. The van der Waals surface area contributed by atoms with Crippen molar-refractivity contribution in [2.45, 2.75) is 89.2 Å². The zero-order valence-corrected chi connectivity index (χ0v) is 25.9. The number of pyridine rings is 1. The number of halogens is 1. The zero-order valence-electron chi connectivity index (χ0n) is 25.9. The Morgan fingerprint density at radius 1 is 0.932 bits per heavy atom. The maximum Gasteiger partial charge on any atom is 0.256 e. The first-order valence-electron chi connectivity index (χ1n) is 16.8. The van der Waals surface area contributed by atoms with Crippen LogP contribution in [0.4, 0.5) is 4.39 Å². The fraction of sp³-hybridized carbons (Fsp3) is 0.629. The quantitative estimate of drug-likeness (QED) is 0.481. The second-order valence-corrected chi connectivity index (χ2v) is 13.7. The summed E-state index contributed by atoms with van der Waals surface area (Å²) >= 11 is 0. The number of nitrogens with one attached hydrogen (secondary N) is 1. The van der Waals surface area contributed by atoms with Crippen LogP contribution in [0.2, 0.25) is 0 Å². The lowest BCUT2D eigenvalue weighted by molar-refractivity contribution is -0.160. The van der Waals surface area contributed by atoms with Crippen LogP contribution in [0.1, 0.15) is 87.4 Å². The minimum absolute atomic E-state index is 0.0370. The van der Waals surface area contributed by atoms with Gasteiger partial charge in [-0.05, 0) is 37.7 Å². The number of nitrogens with zero attached hydrogens (tertiary/aromatic N) is 3. The van der Waals surface area contributed by atoms with E-state index in [2.05, 4.69) is 5.32 Å². The molecule has 0 radical (unpaired) electrons. The first kappa shape index (κ1) is 31.0. The lowest BCUT2D eigenvalue weighted by Crippen LogP contribution is -2.62. The summed E-state index contributed by atoms with van der Waals surface area (Å²) in [5.41, 5.74) is -1.35. The second-order valence-electron chi connectivity index (χ2n) is 13.7. The van der Waals surface area contributed by atoms with Gasteiger partial charge in [-0.15, -0.1) is 0 Å². The van der Waals surface area contributed by atoms with Crippen molar-refractivity contribution in [1.82, 2.24) is 19.7 Å². The number of rotatable bonds is 7. The van der Waals surface area contributed by atoms with E-state index in [1.54, 1.807) is 23.1 Å². The van der Waals surface area contributed by atoms with Crippen LogP contribution in [0.5, 0.6) is 0 Å². The third kappa shape index (κ3) is 6.23. The molecule has 4 aliphatic rings. The van der Waals surface area contributed by atoms with Gasteiger partial charge in [0.2, 0.25) is 5.91 Å². The van der Waals surface area contributed by atoms with E-state index in [-0.39, 0.29) is 40.6 Å². The molecule has 4 fully saturated rings. The predicted octanol–water partition coefficient (Wildman–Crippen LogP) is 4.58. The third-order valence-corrected chi connectivity index (χ3v) is 11.0. The molecule has 1 atom stereocenters. The van der Waals surface area contributed by atoms with Gasteiger partial charge in [-0.1, -0.05) is 63.1 Å². The molecule has 2 aliphatic carbocycles. The Kier molecular flexibility index (Phi) is 9.24. The Morgan fingerprint density at radius 2 is 1.66 bits per heavy atom. The van der Waals surface area contributed by atoms with Gasteiger partial charge in [0.1, 0.15) is 5.82 Å². The molecular formula is C35H47FN4O4. The fourth-order valence-corrected chi connectivity index (χ4v) is 8.36. The van der Waals surface area contributed by atoms with Crippen LogP contribution in [0.15, 0.2) is 41.3 Å². The van der Waals surface area contributed by atoms with Gasteiger partial charge in [0, 0.05) is 74.5 Å². The first-order chi connectivity index (χ1) is 21.3. The number of amides is 2. The number of piperidine rings is 1. The number of benzene rings is 1. The molecule has 44 heavy (non-hydrogen) atoms. The molecule has 3 heterocycles. The number of aromatic nitrogens is 1. The van der Waals surface area contributed by atoms with Crippen LogP contribution >= 0.6 is 0 Å². The van der Waals surface area contributed by atoms with Crippen molar-refractivity contribution >= 4 is 11.8 Å². The number of piperazine rings is 1. The number of hydrogen-bond donors (Lipinski definition) is 2. The average molecular weight is 607 g/mol. The van der Waals surface area contributed by atoms with Crippen molar-refractivity contribution in [2.75, 3.05) is 39.3 Å². The average Bonchev–Trinajstić information content (AvgIpc) is 3.53. The number of carbonyl (C=O) groups is 2. The Bertz CT molecular complexity index is 1410. The maximum atomic E-state index is 15.0. The molecule has 2 aliphatic heterocycles. The molecule has 1 spiro atoms. The van der Waals surface area contributed by atoms with Crippen molar-refractivity contribution in [3.8, 4) is 11.1 Å². The summed E-state index contributed by atoms with van der Waals surface area (Å²) in [6.07, 6.45) is 13.2. The van der Waals surface area contributed by atoms with Gasteiger partial charge in [0.25, 0.3) is 11.5 Å². The van der Waals surface area contributed by atoms with Crippen LogP contribution in [0, 0.1) is 17.2 Å². The Hall–Kier alpha value is -3.04. The fourth-order valence-electron chi connectivity index (χ4n) is 8.36. The van der Waals surface area contributed by atoms with E-state index in [0.717, 1.165) is 32.1 Å². The molecule has 2 saturated carbocycles. The summed E-state index contributed by atoms with van der Waals surface area (Å²) in [6, 6.07) is 7.55. The molecule has 2 N–H and O–H groups in total. The van der Waals surface area contributed by atoms with E-state index in [9.17, 15) is 23.9 Å². The SMILES string of the molecule is O=C(CCC1CCCCC1)N1CCC(O)(Cn2cc(C(=O)N3CCNCC3)c(-c3ccccc3F)cc2=O)C2(CCCC2)C1. The molecule has 6 rings (SSSR count). The van der Waals surface area contributed by atoms with Crippen molar-refractivity contribution in [2.24, 2.45) is 11.3 Å². The largest absolute Gasteiger partial charge is 0.387 e. The standard InChI is InChI=1S/C35H47FN4O4/c36-30-11-5-4-10-27(30)28-22-32(42)40(23-29(28)33(43)38-20-17-37-18-21-38)25-35(44)16-19-39(24-34(35)14-6-7-15-34)31(41)13-12-26-8-2-1-3-9-26/h4-5,10-11,22-23,26,37,44H,1-3,6-9,12-21,24-25H2. The van der Waals surface area contributed by atoms with Gasteiger partial charge in [0.05, 0.1) is 17.7 Å². The topological polar surface area (TPSA) is 94.9 Å². The highest BCUT2D eigenvalue weighted by Crippen LogP contribution is 2.51. The monoisotopic (exact) mass is 606 g/mol. The molecule has 1 aromatic carbocycles. The molecule has 1 unspecified atom stereocenters. The highest BCUT2D eigenvalue weighted by atomic mass is 19.1. The van der Waals surface area contributed by atoms with Gasteiger partial charge in [-0.25, -0.2) is 4.39 Å². The minimum atomic E-state index is -1.21. The van der Waals surface area contributed by atoms with Crippen LogP contribution in [0.25, 0.3) is 11.1 Å². The van der Waals surface area contributed by atoms with Crippen LogP contribution in [0.3, 0.4) is 0 Å². The van der Waals surface area contributed by atoms with Crippen molar-refractivity contribution < 1.29 is 19.1 Å². The lowest BCUT2D eigenvalue weighted by atomic mass is 9.65. The molecule has 2 saturated heterocycles. The number of aliphatic hydroxyl groups is 1. The molecule has 9 heteroatoms. The molecule has 1 aromatic heterocycles. The highest BCUT2D eigenvalue weighted by molar-refractivity contribution is 6.00. The zero-order chi connectivity index (χ0) is 30.7. The summed E-state index contributed by atoms with van der Waals surface area (Å²) in [4.78, 5) is 44.6. The summed E-state index contributed by atoms with van der Waals surface area (Å²) < 4.78 is 16.4. The van der Waals surface area contributed by atoms with E-state index in [4.69, 9.17) is 0 Å². The van der Waals surface area contributed by atoms with Gasteiger partial charge in [-0.2, -0.15) is 0 Å². The van der Waals surface area contributed by atoms with Gasteiger partial charge >= 0.3 is 0 Å². The molecular weight excluding hydrogens is 559 g/mol. The second kappa shape index (κ2) is 13.1.